The molecule has 0 saturated heterocycles. The number of alkyl halides is 3. The molecule has 0 aromatic heterocycles. The van der Waals surface area contributed by atoms with Crippen LogP contribution in [0.5, 0.6) is 0 Å². The minimum absolute atomic E-state index is 0.00812. The number of ketones is 1. The maximum absolute atomic E-state index is 12.4. The number of rotatable bonds is 6. The van der Waals surface area contributed by atoms with Crippen LogP contribution in [0.2, 0.25) is 0 Å². The molecule has 22 heavy (non-hydrogen) atoms. The van der Waals surface area contributed by atoms with Crippen molar-refractivity contribution in [3.63, 3.8) is 0 Å². The van der Waals surface area contributed by atoms with Gasteiger partial charge in [0.15, 0.2) is 5.78 Å². The van der Waals surface area contributed by atoms with Crippen molar-refractivity contribution in [2.75, 3.05) is 13.7 Å². The number of nitrogens with one attached hydrogen (secondary N) is 1. The van der Waals surface area contributed by atoms with Crippen LogP contribution in [0.3, 0.4) is 0 Å². The number of Topliss-reactive ketones (excluding diaryl/α,β-unsaturated/α-hetero) is 1. The van der Waals surface area contributed by atoms with Gasteiger partial charge < -0.3 is 10.1 Å². The number of hydrogen-bond acceptors (Lipinski definition) is 4. The van der Waals surface area contributed by atoms with Crippen LogP contribution in [0.25, 0.3) is 0 Å². The van der Waals surface area contributed by atoms with Crippen molar-refractivity contribution < 1.29 is 32.3 Å². The molecule has 0 atom stereocenters. The monoisotopic (exact) mass is 317 g/mol. The molecule has 0 unspecified atom stereocenters. The molecule has 1 amide bonds. The molecule has 0 aliphatic heterocycles. The highest BCUT2D eigenvalue weighted by Crippen LogP contribution is 2.28. The number of hydrogen-bond donors (Lipinski definition) is 1. The van der Waals surface area contributed by atoms with Crippen LogP contribution < -0.4 is 5.32 Å². The molecule has 8 heteroatoms. The average molecular weight is 317 g/mol. The second-order valence-electron chi connectivity index (χ2n) is 4.37. The maximum atomic E-state index is 12.4. The molecule has 1 rings (SSSR count). The standard InChI is InChI=1S/C14H14F3NO4/c1-22-12(20)7-6-11(19)8-18-13(21)9-2-4-10(5-3-9)14(15,16)17/h2-5H,6-8H2,1H3,(H,18,21). The molecule has 0 fully saturated rings. The summed E-state index contributed by atoms with van der Waals surface area (Å²) >= 11 is 0. The molecular formula is C14H14F3NO4. The van der Waals surface area contributed by atoms with Gasteiger partial charge in [-0.2, -0.15) is 13.2 Å². The Kier molecular flexibility index (Phi) is 6.09. The lowest BCUT2D eigenvalue weighted by molar-refractivity contribution is -0.141. The Morgan fingerprint density at radius 3 is 2.18 bits per heavy atom. The molecule has 0 saturated carbocycles. The van der Waals surface area contributed by atoms with Crippen LogP contribution in [-0.2, 0) is 20.5 Å². The molecule has 1 aromatic carbocycles. The summed E-state index contributed by atoms with van der Waals surface area (Å²) in [6.07, 6.45) is -4.65. The summed E-state index contributed by atoms with van der Waals surface area (Å²) in [6, 6.07) is 3.62. The van der Waals surface area contributed by atoms with Gasteiger partial charge in [0.2, 0.25) is 0 Å². The van der Waals surface area contributed by atoms with E-state index >= 15 is 0 Å². The van der Waals surface area contributed by atoms with Crippen molar-refractivity contribution in [1.82, 2.24) is 5.32 Å². The van der Waals surface area contributed by atoms with Gasteiger partial charge in [-0.15, -0.1) is 0 Å². The predicted molar refractivity (Wildman–Crippen MR) is 70.0 cm³/mol. The van der Waals surface area contributed by atoms with Gasteiger partial charge in [0.25, 0.3) is 5.91 Å². The van der Waals surface area contributed by atoms with E-state index in [0.29, 0.717) is 0 Å². The number of methoxy groups -OCH3 is 1. The smallest absolute Gasteiger partial charge is 0.416 e. The molecule has 1 N–H and O–H groups in total. The average Bonchev–Trinajstić information content (AvgIpc) is 2.49. The van der Waals surface area contributed by atoms with Crippen molar-refractivity contribution in [1.29, 1.82) is 0 Å². The van der Waals surface area contributed by atoms with Crippen molar-refractivity contribution in [2.45, 2.75) is 19.0 Å². The summed E-state index contributed by atoms with van der Waals surface area (Å²) in [5, 5.41) is 2.28. The van der Waals surface area contributed by atoms with Gasteiger partial charge in [0, 0.05) is 12.0 Å². The summed E-state index contributed by atoms with van der Waals surface area (Å²) in [4.78, 5) is 33.9. The molecule has 0 aliphatic carbocycles. The molecular weight excluding hydrogens is 303 g/mol. The maximum Gasteiger partial charge on any atom is 0.416 e. The van der Waals surface area contributed by atoms with Crippen LogP contribution in [0.15, 0.2) is 24.3 Å². The van der Waals surface area contributed by atoms with Gasteiger partial charge in [-0.3, -0.25) is 14.4 Å². The second kappa shape index (κ2) is 7.58. The lowest BCUT2D eigenvalue weighted by Crippen LogP contribution is -2.29. The second-order valence-corrected chi connectivity index (χ2v) is 4.37. The van der Waals surface area contributed by atoms with Crippen molar-refractivity contribution in [2.24, 2.45) is 0 Å². The first kappa shape index (κ1) is 17.7. The van der Waals surface area contributed by atoms with Gasteiger partial charge in [-0.05, 0) is 24.3 Å². The summed E-state index contributed by atoms with van der Waals surface area (Å²) in [7, 11) is 1.19. The molecule has 0 heterocycles. The number of carbonyl (C=O) groups is 3. The third kappa shape index (κ3) is 5.55. The van der Waals surface area contributed by atoms with Gasteiger partial charge in [0.05, 0.1) is 25.6 Å². The highest BCUT2D eigenvalue weighted by atomic mass is 19.4. The third-order valence-corrected chi connectivity index (χ3v) is 2.76. The van der Waals surface area contributed by atoms with Crippen LogP contribution in [0.1, 0.15) is 28.8 Å². The number of benzene rings is 1. The van der Waals surface area contributed by atoms with Crippen molar-refractivity contribution in [3.05, 3.63) is 35.4 Å². The Hall–Kier alpha value is -2.38. The quantitative estimate of drug-likeness (QED) is 0.814. The van der Waals surface area contributed by atoms with E-state index in [0.717, 1.165) is 24.3 Å². The Morgan fingerprint density at radius 2 is 1.68 bits per heavy atom. The molecule has 0 aliphatic rings. The van der Waals surface area contributed by atoms with Crippen LogP contribution >= 0.6 is 0 Å². The predicted octanol–water partition coefficient (Wildman–Crippen LogP) is 1.96. The topological polar surface area (TPSA) is 72.5 Å². The van der Waals surface area contributed by atoms with E-state index in [-0.39, 0.29) is 30.7 Å². The number of ether oxygens (including phenoxy) is 1. The van der Waals surface area contributed by atoms with E-state index in [1.54, 1.807) is 0 Å². The summed E-state index contributed by atoms with van der Waals surface area (Å²) < 4.78 is 41.5. The van der Waals surface area contributed by atoms with Gasteiger partial charge >= 0.3 is 12.1 Å². The van der Waals surface area contributed by atoms with E-state index in [9.17, 15) is 27.6 Å². The van der Waals surface area contributed by atoms with E-state index < -0.39 is 23.6 Å². The van der Waals surface area contributed by atoms with Crippen molar-refractivity contribution in [3.8, 4) is 0 Å². The molecule has 1 aromatic rings. The lowest BCUT2D eigenvalue weighted by atomic mass is 10.1. The van der Waals surface area contributed by atoms with Gasteiger partial charge in [0.1, 0.15) is 0 Å². The zero-order chi connectivity index (χ0) is 16.8. The molecule has 5 nitrogen and oxygen atoms in total. The fourth-order valence-electron chi connectivity index (χ4n) is 1.52. The van der Waals surface area contributed by atoms with E-state index in [2.05, 4.69) is 10.1 Å². The number of halogens is 3. The normalized spacial score (nSPS) is 10.9. The summed E-state index contributed by atoms with van der Waals surface area (Å²) in [6.45, 7) is -0.309. The largest absolute Gasteiger partial charge is 0.469 e. The third-order valence-electron chi connectivity index (χ3n) is 2.76. The van der Waals surface area contributed by atoms with Gasteiger partial charge in [-0.25, -0.2) is 0 Å². The fourth-order valence-corrected chi connectivity index (χ4v) is 1.52. The van der Waals surface area contributed by atoms with E-state index in [1.807, 2.05) is 0 Å². The Bertz CT molecular complexity index is 552. The van der Waals surface area contributed by atoms with Crippen LogP contribution in [-0.4, -0.2) is 31.3 Å². The minimum Gasteiger partial charge on any atom is -0.469 e. The van der Waals surface area contributed by atoms with Gasteiger partial charge in [-0.1, -0.05) is 0 Å². The molecule has 0 spiro atoms. The number of amides is 1. The Morgan fingerprint density at radius 1 is 1.09 bits per heavy atom. The Labute approximate surface area is 124 Å². The molecule has 0 bridgehead atoms. The zero-order valence-electron chi connectivity index (χ0n) is 11.7. The van der Waals surface area contributed by atoms with E-state index in [1.165, 1.54) is 7.11 Å². The SMILES string of the molecule is COC(=O)CCC(=O)CNC(=O)c1ccc(C(F)(F)F)cc1. The first-order valence-corrected chi connectivity index (χ1v) is 6.28. The first-order chi connectivity index (χ1) is 10.2. The van der Waals surface area contributed by atoms with Crippen LogP contribution in [0.4, 0.5) is 13.2 Å². The first-order valence-electron chi connectivity index (χ1n) is 6.28. The van der Waals surface area contributed by atoms with E-state index in [4.69, 9.17) is 0 Å². The summed E-state index contributed by atoms with van der Waals surface area (Å²) in [5.41, 5.74) is -0.855. The zero-order valence-corrected chi connectivity index (χ0v) is 11.7. The molecule has 120 valence electrons. The van der Waals surface area contributed by atoms with Crippen LogP contribution in [0, 0.1) is 0 Å². The molecule has 0 radical (unpaired) electrons. The highest BCUT2D eigenvalue weighted by molar-refractivity contribution is 5.97. The highest BCUT2D eigenvalue weighted by Gasteiger charge is 2.30. The number of carbonyl (C=O) groups excluding carboxylic acids is 3. The minimum atomic E-state index is -4.47. The van der Waals surface area contributed by atoms with Crippen molar-refractivity contribution >= 4 is 17.7 Å². The number of esters is 1. The fraction of sp³-hybridized carbons (Fsp3) is 0.357. The Balaban J connectivity index is 2.49. The summed E-state index contributed by atoms with van der Waals surface area (Å²) in [5.74, 6) is -1.59. The lowest BCUT2D eigenvalue weighted by Gasteiger charge is -2.08.